The smallest absolute Gasteiger partial charge is 0.311 e. The Morgan fingerprint density at radius 1 is 1.14 bits per heavy atom. The largest absolute Gasteiger partial charge is 0.508 e. The van der Waals surface area contributed by atoms with Gasteiger partial charge in [0, 0.05) is 16.6 Å². The fraction of sp³-hybridized carbons (Fsp3) is 0.238. The third-order valence-corrected chi connectivity index (χ3v) is 5.16. The summed E-state index contributed by atoms with van der Waals surface area (Å²) in [5, 5.41) is 20.1. The quantitative estimate of drug-likeness (QED) is 0.645. The van der Waals surface area contributed by atoms with Crippen LogP contribution in [0.25, 0.3) is 10.9 Å². The highest BCUT2D eigenvalue weighted by atomic mass is 35.5. The number of aromatic nitrogens is 1. The molecule has 0 aliphatic heterocycles. The van der Waals surface area contributed by atoms with Crippen LogP contribution in [-0.4, -0.2) is 26.7 Å². The first-order valence-corrected chi connectivity index (χ1v) is 9.07. The van der Waals surface area contributed by atoms with Gasteiger partial charge in [-0.15, -0.1) is 0 Å². The molecular weight excluding hydrogens is 385 g/mol. The standard InChI is InChI=1S/C21H19ClFNO4/c1-10(2)18(21(27)28)19-11(3)24(17-7-5-13(25)9-14(17)19)20(26)12-4-6-15(22)16(23)8-12/h4-10,18,25H,1-3H3,(H,27,28). The lowest BCUT2D eigenvalue weighted by Gasteiger charge is -2.17. The summed E-state index contributed by atoms with van der Waals surface area (Å²) in [7, 11) is 0. The number of nitrogens with zero attached hydrogens (tertiary/aromatic N) is 1. The number of halogens is 2. The van der Waals surface area contributed by atoms with Crippen molar-refractivity contribution in [1.82, 2.24) is 4.57 Å². The molecule has 0 aliphatic carbocycles. The van der Waals surface area contributed by atoms with Crippen LogP contribution in [0.1, 0.15) is 41.4 Å². The van der Waals surface area contributed by atoms with E-state index in [1.165, 1.54) is 28.8 Å². The van der Waals surface area contributed by atoms with E-state index in [0.29, 0.717) is 22.2 Å². The van der Waals surface area contributed by atoms with E-state index >= 15 is 0 Å². The first kappa shape index (κ1) is 19.9. The minimum Gasteiger partial charge on any atom is -0.508 e. The SMILES string of the molecule is Cc1c(C(C(=O)O)C(C)C)c2cc(O)ccc2n1C(=O)c1ccc(Cl)c(F)c1. The van der Waals surface area contributed by atoms with Crippen LogP contribution in [-0.2, 0) is 4.79 Å². The van der Waals surface area contributed by atoms with E-state index in [-0.39, 0.29) is 22.3 Å². The Morgan fingerprint density at radius 2 is 1.82 bits per heavy atom. The number of hydrogen-bond acceptors (Lipinski definition) is 3. The summed E-state index contributed by atoms with van der Waals surface area (Å²) < 4.78 is 15.2. The number of fused-ring (bicyclic) bond motifs is 1. The van der Waals surface area contributed by atoms with E-state index in [1.54, 1.807) is 26.8 Å². The number of benzene rings is 2. The van der Waals surface area contributed by atoms with E-state index in [9.17, 15) is 24.2 Å². The van der Waals surface area contributed by atoms with E-state index < -0.39 is 23.6 Å². The zero-order chi connectivity index (χ0) is 20.7. The van der Waals surface area contributed by atoms with Crippen LogP contribution in [0.2, 0.25) is 5.02 Å². The fourth-order valence-electron chi connectivity index (χ4n) is 3.59. The Kier molecular flexibility index (Phi) is 5.17. The number of carboxylic acids is 1. The monoisotopic (exact) mass is 403 g/mol. The number of aliphatic carboxylic acids is 1. The molecule has 3 rings (SSSR count). The van der Waals surface area contributed by atoms with Gasteiger partial charge in [-0.2, -0.15) is 0 Å². The second-order valence-electron chi connectivity index (χ2n) is 7.03. The molecule has 146 valence electrons. The molecule has 0 bridgehead atoms. The van der Waals surface area contributed by atoms with Gasteiger partial charge >= 0.3 is 5.97 Å². The van der Waals surface area contributed by atoms with Gasteiger partial charge in [0.15, 0.2) is 0 Å². The number of carboxylic acid groups (broad SMARTS) is 1. The fourth-order valence-corrected chi connectivity index (χ4v) is 3.70. The van der Waals surface area contributed by atoms with Crippen LogP contribution in [0.15, 0.2) is 36.4 Å². The number of hydrogen-bond donors (Lipinski definition) is 2. The molecule has 0 amide bonds. The van der Waals surface area contributed by atoms with Crippen molar-refractivity contribution < 1.29 is 24.2 Å². The van der Waals surface area contributed by atoms with Gasteiger partial charge in [-0.3, -0.25) is 14.2 Å². The Bertz CT molecular complexity index is 1100. The number of phenols is 1. The zero-order valence-electron chi connectivity index (χ0n) is 15.5. The predicted molar refractivity (Wildman–Crippen MR) is 105 cm³/mol. The summed E-state index contributed by atoms with van der Waals surface area (Å²) in [6.45, 7) is 5.20. The second kappa shape index (κ2) is 7.28. The average molecular weight is 404 g/mol. The second-order valence-corrected chi connectivity index (χ2v) is 7.44. The van der Waals surface area contributed by atoms with Gasteiger partial charge in [0.05, 0.1) is 16.5 Å². The van der Waals surface area contributed by atoms with E-state index in [4.69, 9.17) is 11.6 Å². The maximum Gasteiger partial charge on any atom is 0.311 e. The molecule has 2 N–H and O–H groups in total. The number of phenolic OH excluding ortho intramolecular Hbond substituents is 1. The van der Waals surface area contributed by atoms with Gasteiger partial charge in [0.25, 0.3) is 5.91 Å². The maximum absolute atomic E-state index is 13.9. The molecule has 0 radical (unpaired) electrons. The zero-order valence-corrected chi connectivity index (χ0v) is 16.3. The molecule has 0 saturated heterocycles. The molecule has 0 fully saturated rings. The van der Waals surface area contributed by atoms with Crippen LogP contribution in [0.5, 0.6) is 5.75 Å². The average Bonchev–Trinajstić information content (AvgIpc) is 2.88. The topological polar surface area (TPSA) is 79.5 Å². The molecule has 3 aromatic rings. The van der Waals surface area contributed by atoms with Gasteiger partial charge in [-0.05, 0) is 54.8 Å². The van der Waals surface area contributed by atoms with Crippen LogP contribution in [0.4, 0.5) is 4.39 Å². The first-order chi connectivity index (χ1) is 13.1. The van der Waals surface area contributed by atoms with Gasteiger partial charge < -0.3 is 10.2 Å². The van der Waals surface area contributed by atoms with Gasteiger partial charge in [0.2, 0.25) is 0 Å². The number of rotatable bonds is 4. The molecule has 0 spiro atoms. The van der Waals surface area contributed by atoms with Crippen molar-refractivity contribution in [1.29, 1.82) is 0 Å². The van der Waals surface area contributed by atoms with Gasteiger partial charge in [-0.25, -0.2) is 4.39 Å². The summed E-state index contributed by atoms with van der Waals surface area (Å²) in [5.74, 6) is -3.41. The van der Waals surface area contributed by atoms with Crippen LogP contribution < -0.4 is 0 Å². The molecule has 5 nitrogen and oxygen atoms in total. The summed E-state index contributed by atoms with van der Waals surface area (Å²) in [6, 6.07) is 8.17. The maximum atomic E-state index is 13.9. The third-order valence-electron chi connectivity index (χ3n) is 4.85. The summed E-state index contributed by atoms with van der Waals surface area (Å²) in [5.41, 5.74) is 1.41. The molecule has 28 heavy (non-hydrogen) atoms. The molecule has 0 aliphatic rings. The number of aromatic hydroxyl groups is 1. The van der Waals surface area contributed by atoms with Crippen molar-refractivity contribution in [3.8, 4) is 5.75 Å². The Labute approximate surface area is 166 Å². The van der Waals surface area contributed by atoms with Crippen molar-refractivity contribution in [2.24, 2.45) is 5.92 Å². The highest BCUT2D eigenvalue weighted by molar-refractivity contribution is 6.30. The molecule has 1 aromatic heterocycles. The lowest BCUT2D eigenvalue weighted by molar-refractivity contribution is -0.139. The molecular formula is C21H19ClFNO4. The number of carbonyl (C=O) groups is 2. The third kappa shape index (κ3) is 3.24. The Balaban J connectivity index is 2.32. The van der Waals surface area contributed by atoms with Crippen molar-refractivity contribution in [2.45, 2.75) is 26.7 Å². The van der Waals surface area contributed by atoms with Gasteiger partial charge in [0.1, 0.15) is 11.6 Å². The van der Waals surface area contributed by atoms with E-state index in [2.05, 4.69) is 0 Å². The summed E-state index contributed by atoms with van der Waals surface area (Å²) >= 11 is 5.70. The van der Waals surface area contributed by atoms with E-state index in [1.807, 2.05) is 0 Å². The Morgan fingerprint density at radius 3 is 2.39 bits per heavy atom. The predicted octanol–water partition coefficient (Wildman–Crippen LogP) is 4.96. The van der Waals surface area contributed by atoms with Crippen molar-refractivity contribution >= 4 is 34.4 Å². The van der Waals surface area contributed by atoms with Crippen LogP contribution in [0, 0.1) is 18.7 Å². The lowest BCUT2D eigenvalue weighted by atomic mass is 9.86. The minimum absolute atomic E-state index is 0.0382. The molecule has 0 saturated carbocycles. The van der Waals surface area contributed by atoms with Crippen molar-refractivity contribution in [3.05, 3.63) is 64.1 Å². The Hall–Kier alpha value is -2.86. The van der Waals surface area contributed by atoms with Crippen molar-refractivity contribution in [2.75, 3.05) is 0 Å². The lowest BCUT2D eigenvalue weighted by Crippen LogP contribution is -2.20. The van der Waals surface area contributed by atoms with Gasteiger partial charge in [-0.1, -0.05) is 25.4 Å². The molecule has 1 heterocycles. The molecule has 1 atom stereocenters. The van der Waals surface area contributed by atoms with Crippen LogP contribution in [0.3, 0.4) is 0 Å². The summed E-state index contributed by atoms with van der Waals surface area (Å²) in [6.07, 6.45) is 0. The summed E-state index contributed by atoms with van der Waals surface area (Å²) in [4.78, 5) is 25.1. The normalized spacial score (nSPS) is 12.5. The van der Waals surface area contributed by atoms with Crippen LogP contribution >= 0.6 is 11.6 Å². The van der Waals surface area contributed by atoms with E-state index in [0.717, 1.165) is 6.07 Å². The molecule has 1 unspecified atom stereocenters. The molecule has 2 aromatic carbocycles. The number of carbonyl (C=O) groups excluding carboxylic acids is 1. The van der Waals surface area contributed by atoms with Crippen molar-refractivity contribution in [3.63, 3.8) is 0 Å². The minimum atomic E-state index is -1.02. The first-order valence-electron chi connectivity index (χ1n) is 8.70. The molecule has 7 heteroatoms. The highest BCUT2D eigenvalue weighted by Crippen LogP contribution is 2.38. The highest BCUT2D eigenvalue weighted by Gasteiger charge is 2.31.